The lowest BCUT2D eigenvalue weighted by Crippen LogP contribution is -2.29. The molecule has 11 heavy (non-hydrogen) atoms. The average Bonchev–Trinajstić information content (AvgIpc) is 2.03. The molecular formula is C8H13N3. The van der Waals surface area contributed by atoms with Crippen LogP contribution in [0.4, 0.5) is 0 Å². The van der Waals surface area contributed by atoms with E-state index in [2.05, 4.69) is 10.4 Å². The SMILES string of the molecule is CN(C)NCc1ccncc1. The van der Waals surface area contributed by atoms with Crippen molar-refractivity contribution in [3.05, 3.63) is 30.1 Å². The third-order valence-electron chi connectivity index (χ3n) is 1.35. The van der Waals surface area contributed by atoms with Gasteiger partial charge in [-0.25, -0.2) is 0 Å². The highest BCUT2D eigenvalue weighted by Gasteiger charge is 1.90. The van der Waals surface area contributed by atoms with Crippen LogP contribution in [0.15, 0.2) is 24.5 Å². The van der Waals surface area contributed by atoms with Crippen molar-refractivity contribution in [3.63, 3.8) is 0 Å². The van der Waals surface area contributed by atoms with Gasteiger partial charge in [0.05, 0.1) is 0 Å². The largest absolute Gasteiger partial charge is 0.265 e. The van der Waals surface area contributed by atoms with Crippen LogP contribution < -0.4 is 5.43 Å². The normalized spacial score (nSPS) is 10.5. The van der Waals surface area contributed by atoms with Crippen molar-refractivity contribution >= 4 is 0 Å². The quantitative estimate of drug-likeness (QED) is 0.643. The number of rotatable bonds is 3. The van der Waals surface area contributed by atoms with E-state index in [4.69, 9.17) is 0 Å². The summed E-state index contributed by atoms with van der Waals surface area (Å²) in [6.07, 6.45) is 3.60. The van der Waals surface area contributed by atoms with Crippen LogP contribution in [0.1, 0.15) is 5.56 Å². The van der Waals surface area contributed by atoms with E-state index >= 15 is 0 Å². The Morgan fingerprint density at radius 1 is 1.36 bits per heavy atom. The van der Waals surface area contributed by atoms with Gasteiger partial charge >= 0.3 is 0 Å². The highest BCUT2D eigenvalue weighted by Crippen LogP contribution is 1.94. The van der Waals surface area contributed by atoms with Crippen molar-refractivity contribution in [3.8, 4) is 0 Å². The molecule has 0 aliphatic carbocycles. The molecule has 0 unspecified atom stereocenters. The van der Waals surface area contributed by atoms with Crippen LogP contribution in [0.5, 0.6) is 0 Å². The van der Waals surface area contributed by atoms with Crippen molar-refractivity contribution in [1.29, 1.82) is 0 Å². The summed E-state index contributed by atoms with van der Waals surface area (Å²) in [5.74, 6) is 0. The third-order valence-corrected chi connectivity index (χ3v) is 1.35. The molecule has 1 aromatic heterocycles. The number of hydrazine groups is 1. The predicted molar refractivity (Wildman–Crippen MR) is 44.8 cm³/mol. The number of nitrogens with zero attached hydrogens (tertiary/aromatic N) is 2. The van der Waals surface area contributed by atoms with E-state index in [0.717, 1.165) is 6.54 Å². The second kappa shape index (κ2) is 4.05. The van der Waals surface area contributed by atoms with Crippen molar-refractivity contribution in [1.82, 2.24) is 15.4 Å². The van der Waals surface area contributed by atoms with Gasteiger partial charge in [0.15, 0.2) is 0 Å². The topological polar surface area (TPSA) is 28.2 Å². The molecule has 0 aliphatic heterocycles. The Hall–Kier alpha value is -0.930. The zero-order valence-electron chi connectivity index (χ0n) is 6.91. The zero-order chi connectivity index (χ0) is 8.10. The molecule has 3 heteroatoms. The summed E-state index contributed by atoms with van der Waals surface area (Å²) < 4.78 is 0. The molecule has 0 amide bonds. The van der Waals surface area contributed by atoms with Gasteiger partial charge in [-0.1, -0.05) is 0 Å². The van der Waals surface area contributed by atoms with Gasteiger partial charge in [-0.05, 0) is 17.7 Å². The molecule has 1 heterocycles. The summed E-state index contributed by atoms with van der Waals surface area (Å²) in [6, 6.07) is 3.99. The third kappa shape index (κ3) is 3.11. The minimum Gasteiger partial charge on any atom is -0.265 e. The lowest BCUT2D eigenvalue weighted by atomic mass is 10.3. The second-order valence-corrected chi connectivity index (χ2v) is 2.58. The summed E-state index contributed by atoms with van der Waals surface area (Å²) >= 11 is 0. The fraction of sp³-hybridized carbons (Fsp3) is 0.375. The van der Waals surface area contributed by atoms with Crippen LogP contribution in [0.25, 0.3) is 0 Å². The van der Waals surface area contributed by atoms with Gasteiger partial charge in [0.2, 0.25) is 0 Å². The molecule has 60 valence electrons. The maximum Gasteiger partial charge on any atom is 0.0354 e. The Labute approximate surface area is 67.0 Å². The van der Waals surface area contributed by atoms with Crippen LogP contribution in [0.2, 0.25) is 0 Å². The predicted octanol–water partition coefficient (Wildman–Crippen LogP) is 0.648. The minimum atomic E-state index is 0.857. The summed E-state index contributed by atoms with van der Waals surface area (Å²) in [5, 5.41) is 1.93. The number of hydrogen-bond donors (Lipinski definition) is 1. The van der Waals surface area contributed by atoms with Gasteiger partial charge in [0.25, 0.3) is 0 Å². The zero-order valence-corrected chi connectivity index (χ0v) is 6.91. The van der Waals surface area contributed by atoms with Crippen LogP contribution in [0, 0.1) is 0 Å². The van der Waals surface area contributed by atoms with E-state index in [9.17, 15) is 0 Å². The maximum atomic E-state index is 3.93. The second-order valence-electron chi connectivity index (χ2n) is 2.58. The van der Waals surface area contributed by atoms with Crippen molar-refractivity contribution in [2.24, 2.45) is 0 Å². The van der Waals surface area contributed by atoms with Crippen LogP contribution in [-0.2, 0) is 6.54 Å². The molecule has 0 atom stereocenters. The summed E-state index contributed by atoms with van der Waals surface area (Å²) in [6.45, 7) is 0.857. The summed E-state index contributed by atoms with van der Waals surface area (Å²) in [5.41, 5.74) is 4.41. The number of aromatic nitrogens is 1. The molecule has 0 spiro atoms. The summed E-state index contributed by atoms with van der Waals surface area (Å²) in [4.78, 5) is 3.93. The molecule has 0 radical (unpaired) electrons. The van der Waals surface area contributed by atoms with Gasteiger partial charge in [0, 0.05) is 33.0 Å². The van der Waals surface area contributed by atoms with Gasteiger partial charge < -0.3 is 0 Å². The average molecular weight is 151 g/mol. The van der Waals surface area contributed by atoms with Gasteiger partial charge in [-0.3, -0.25) is 15.4 Å². The lowest BCUT2D eigenvalue weighted by Gasteiger charge is -2.10. The van der Waals surface area contributed by atoms with Crippen molar-refractivity contribution < 1.29 is 0 Å². The Morgan fingerprint density at radius 3 is 2.55 bits per heavy atom. The van der Waals surface area contributed by atoms with E-state index in [1.54, 1.807) is 12.4 Å². The highest BCUT2D eigenvalue weighted by molar-refractivity contribution is 5.08. The minimum absolute atomic E-state index is 0.857. The molecule has 1 aromatic rings. The highest BCUT2D eigenvalue weighted by atomic mass is 15.5. The molecule has 1 rings (SSSR count). The molecule has 0 bridgehead atoms. The van der Waals surface area contributed by atoms with E-state index in [1.807, 2.05) is 31.2 Å². The number of nitrogens with one attached hydrogen (secondary N) is 1. The van der Waals surface area contributed by atoms with E-state index < -0.39 is 0 Å². The van der Waals surface area contributed by atoms with E-state index in [0.29, 0.717) is 0 Å². The number of pyridine rings is 1. The molecular weight excluding hydrogens is 138 g/mol. The van der Waals surface area contributed by atoms with Crippen LogP contribution in [-0.4, -0.2) is 24.1 Å². The lowest BCUT2D eigenvalue weighted by molar-refractivity contribution is 0.286. The molecule has 0 aromatic carbocycles. The van der Waals surface area contributed by atoms with Crippen LogP contribution in [0.3, 0.4) is 0 Å². The van der Waals surface area contributed by atoms with Gasteiger partial charge in [-0.2, -0.15) is 0 Å². The monoisotopic (exact) mass is 151 g/mol. The van der Waals surface area contributed by atoms with E-state index in [1.165, 1.54) is 5.56 Å². The Kier molecular flexibility index (Phi) is 3.01. The van der Waals surface area contributed by atoms with Crippen LogP contribution >= 0.6 is 0 Å². The van der Waals surface area contributed by atoms with Gasteiger partial charge in [-0.15, -0.1) is 0 Å². The standard InChI is InChI=1S/C8H13N3/c1-11(2)10-7-8-3-5-9-6-4-8/h3-6,10H,7H2,1-2H3. The number of hydrogen-bond acceptors (Lipinski definition) is 3. The first-order valence-electron chi connectivity index (χ1n) is 3.59. The van der Waals surface area contributed by atoms with Crippen molar-refractivity contribution in [2.45, 2.75) is 6.54 Å². The molecule has 0 saturated heterocycles. The first kappa shape index (κ1) is 8.17. The summed E-state index contributed by atoms with van der Waals surface area (Å²) in [7, 11) is 3.95. The molecule has 0 fully saturated rings. The molecule has 3 nitrogen and oxygen atoms in total. The Morgan fingerprint density at radius 2 is 2.00 bits per heavy atom. The molecule has 1 N–H and O–H groups in total. The first-order chi connectivity index (χ1) is 5.29. The fourth-order valence-electron chi connectivity index (χ4n) is 0.750. The molecule has 0 saturated carbocycles. The van der Waals surface area contributed by atoms with E-state index in [-0.39, 0.29) is 0 Å². The smallest absolute Gasteiger partial charge is 0.0354 e. The van der Waals surface area contributed by atoms with Gasteiger partial charge in [0.1, 0.15) is 0 Å². The molecule has 0 aliphatic rings. The maximum absolute atomic E-state index is 3.93. The Balaban J connectivity index is 2.39. The first-order valence-corrected chi connectivity index (χ1v) is 3.59. The fourth-order valence-corrected chi connectivity index (χ4v) is 0.750. The van der Waals surface area contributed by atoms with Crippen molar-refractivity contribution in [2.75, 3.05) is 14.1 Å². The Bertz CT molecular complexity index is 196.